The maximum atomic E-state index is 12.8. The van der Waals surface area contributed by atoms with Crippen LogP contribution in [0.25, 0.3) is 10.4 Å². The third kappa shape index (κ3) is 9.03. The average molecular weight is 469 g/mol. The molecule has 0 spiro atoms. The normalized spacial score (nSPS) is 11.6. The standard InChI is InChI=1S/C25H32N4O5/c1-25(2,3)24(31)34-17-20(14-18-8-6-5-7-9-18)28-23(30)16-19-10-11-21(22(15-19)32-4)33-13-12-27-29-26/h5-11,15,20H,12-14,16-17H2,1-4H3,(H,28,30)/t20-/m1/s1. The van der Waals surface area contributed by atoms with E-state index in [4.69, 9.17) is 19.7 Å². The highest BCUT2D eigenvalue weighted by atomic mass is 16.5. The first-order chi connectivity index (χ1) is 16.2. The predicted molar refractivity (Wildman–Crippen MR) is 129 cm³/mol. The number of hydrogen-bond donors (Lipinski definition) is 1. The Kier molecular flexibility index (Phi) is 10.2. The number of esters is 1. The molecule has 9 heteroatoms. The molecule has 2 rings (SSSR count). The van der Waals surface area contributed by atoms with E-state index in [1.54, 1.807) is 39.0 Å². The van der Waals surface area contributed by atoms with E-state index in [1.165, 1.54) is 7.11 Å². The zero-order valence-electron chi connectivity index (χ0n) is 20.1. The van der Waals surface area contributed by atoms with Crippen molar-refractivity contribution in [2.24, 2.45) is 10.5 Å². The van der Waals surface area contributed by atoms with Gasteiger partial charge in [-0.15, -0.1) is 0 Å². The van der Waals surface area contributed by atoms with Gasteiger partial charge in [-0.3, -0.25) is 9.59 Å². The molecule has 0 aliphatic heterocycles. The van der Waals surface area contributed by atoms with Crippen molar-refractivity contribution < 1.29 is 23.8 Å². The number of nitrogens with zero attached hydrogens (tertiary/aromatic N) is 3. The highest BCUT2D eigenvalue weighted by molar-refractivity contribution is 5.79. The van der Waals surface area contributed by atoms with Gasteiger partial charge in [-0.2, -0.15) is 0 Å². The summed E-state index contributed by atoms with van der Waals surface area (Å²) in [7, 11) is 1.51. The summed E-state index contributed by atoms with van der Waals surface area (Å²) in [6.07, 6.45) is 0.652. The van der Waals surface area contributed by atoms with Gasteiger partial charge in [0.05, 0.1) is 38.1 Å². The monoisotopic (exact) mass is 468 g/mol. The largest absolute Gasteiger partial charge is 0.493 e. The number of ether oxygens (including phenoxy) is 3. The first kappa shape index (κ1) is 26.5. The SMILES string of the molecule is COc1cc(CC(=O)N[C@@H](COC(=O)C(C)(C)C)Cc2ccccc2)ccc1OCCN=[N+]=[N-]. The van der Waals surface area contributed by atoms with E-state index in [0.717, 1.165) is 11.1 Å². The van der Waals surface area contributed by atoms with E-state index in [1.807, 2.05) is 30.3 Å². The summed E-state index contributed by atoms with van der Waals surface area (Å²) in [5, 5.41) is 6.41. The molecule has 9 nitrogen and oxygen atoms in total. The smallest absolute Gasteiger partial charge is 0.311 e. The maximum Gasteiger partial charge on any atom is 0.311 e. The second kappa shape index (κ2) is 13.1. The Morgan fingerprint density at radius 3 is 2.47 bits per heavy atom. The highest BCUT2D eigenvalue weighted by Gasteiger charge is 2.25. The van der Waals surface area contributed by atoms with Crippen LogP contribution < -0.4 is 14.8 Å². The van der Waals surface area contributed by atoms with Crippen molar-refractivity contribution in [2.75, 3.05) is 26.9 Å². The summed E-state index contributed by atoms with van der Waals surface area (Å²) in [5.41, 5.74) is 9.49. The van der Waals surface area contributed by atoms with E-state index in [2.05, 4.69) is 15.3 Å². The van der Waals surface area contributed by atoms with Crippen molar-refractivity contribution in [1.82, 2.24) is 5.32 Å². The average Bonchev–Trinajstić information content (AvgIpc) is 2.80. The Morgan fingerprint density at radius 1 is 1.09 bits per heavy atom. The maximum absolute atomic E-state index is 12.8. The molecule has 0 heterocycles. The van der Waals surface area contributed by atoms with E-state index in [0.29, 0.717) is 17.9 Å². The number of carbonyl (C=O) groups is 2. The van der Waals surface area contributed by atoms with Crippen molar-refractivity contribution in [3.63, 3.8) is 0 Å². The van der Waals surface area contributed by atoms with Crippen LogP contribution in [0.5, 0.6) is 11.5 Å². The van der Waals surface area contributed by atoms with Crippen LogP contribution in [0.4, 0.5) is 0 Å². The Hall–Kier alpha value is -3.71. The number of nitrogens with one attached hydrogen (secondary N) is 1. The minimum atomic E-state index is -0.622. The van der Waals surface area contributed by atoms with Crippen LogP contribution in [-0.2, 0) is 27.2 Å². The van der Waals surface area contributed by atoms with Crippen LogP contribution >= 0.6 is 0 Å². The molecule has 0 radical (unpaired) electrons. The van der Waals surface area contributed by atoms with Gasteiger partial charge in [0.25, 0.3) is 0 Å². The summed E-state index contributed by atoms with van der Waals surface area (Å²) in [5.74, 6) is 0.453. The fourth-order valence-electron chi connectivity index (χ4n) is 3.09. The third-order valence-electron chi connectivity index (χ3n) is 4.82. The minimum Gasteiger partial charge on any atom is -0.493 e. The summed E-state index contributed by atoms with van der Waals surface area (Å²) in [6, 6.07) is 14.6. The van der Waals surface area contributed by atoms with Crippen LogP contribution in [0.15, 0.2) is 53.6 Å². The van der Waals surface area contributed by atoms with Crippen molar-refractivity contribution in [1.29, 1.82) is 0 Å². The molecular formula is C25H32N4O5. The van der Waals surface area contributed by atoms with E-state index in [9.17, 15) is 9.59 Å². The van der Waals surface area contributed by atoms with Crippen molar-refractivity contribution in [2.45, 2.75) is 39.7 Å². The molecule has 1 amide bonds. The molecule has 0 saturated heterocycles. The van der Waals surface area contributed by atoms with Gasteiger partial charge in [0, 0.05) is 4.91 Å². The van der Waals surface area contributed by atoms with Crippen LogP contribution in [0.2, 0.25) is 0 Å². The number of amides is 1. The summed E-state index contributed by atoms with van der Waals surface area (Å²) in [6.45, 7) is 5.87. The zero-order valence-corrected chi connectivity index (χ0v) is 20.1. The molecule has 0 aliphatic carbocycles. The molecule has 1 N–H and O–H groups in total. The Morgan fingerprint density at radius 2 is 1.82 bits per heavy atom. The number of azide groups is 1. The quantitative estimate of drug-likeness (QED) is 0.164. The lowest BCUT2D eigenvalue weighted by atomic mass is 9.97. The molecule has 0 saturated carbocycles. The second-order valence-corrected chi connectivity index (χ2v) is 8.77. The number of benzene rings is 2. The Balaban J connectivity index is 2.04. The molecule has 0 aliphatic rings. The van der Waals surface area contributed by atoms with Gasteiger partial charge >= 0.3 is 5.97 Å². The molecule has 1 atom stereocenters. The van der Waals surface area contributed by atoms with Crippen molar-refractivity contribution >= 4 is 11.9 Å². The van der Waals surface area contributed by atoms with Gasteiger partial charge < -0.3 is 19.5 Å². The van der Waals surface area contributed by atoms with Crippen LogP contribution in [0.3, 0.4) is 0 Å². The summed E-state index contributed by atoms with van der Waals surface area (Å²) >= 11 is 0. The second-order valence-electron chi connectivity index (χ2n) is 8.77. The number of rotatable bonds is 12. The molecule has 0 fully saturated rings. The van der Waals surface area contributed by atoms with Crippen LogP contribution in [0, 0.1) is 5.41 Å². The predicted octanol–water partition coefficient (Wildman–Crippen LogP) is 4.24. The highest BCUT2D eigenvalue weighted by Crippen LogP contribution is 2.28. The number of hydrogen-bond acceptors (Lipinski definition) is 6. The molecule has 2 aromatic carbocycles. The number of carbonyl (C=O) groups excluding carboxylic acids is 2. The molecular weight excluding hydrogens is 436 g/mol. The molecule has 34 heavy (non-hydrogen) atoms. The lowest BCUT2D eigenvalue weighted by Gasteiger charge is -2.22. The van der Waals surface area contributed by atoms with Gasteiger partial charge in [-0.25, -0.2) is 0 Å². The van der Waals surface area contributed by atoms with Gasteiger partial charge in [-0.05, 0) is 56.0 Å². The van der Waals surface area contributed by atoms with Gasteiger partial charge in [-0.1, -0.05) is 41.5 Å². The first-order valence-electron chi connectivity index (χ1n) is 11.0. The summed E-state index contributed by atoms with van der Waals surface area (Å²) in [4.78, 5) is 27.7. The summed E-state index contributed by atoms with van der Waals surface area (Å²) < 4.78 is 16.4. The molecule has 182 valence electrons. The Bertz CT molecular complexity index is 998. The minimum absolute atomic E-state index is 0.0814. The van der Waals surface area contributed by atoms with Gasteiger partial charge in [0.2, 0.25) is 5.91 Å². The van der Waals surface area contributed by atoms with Crippen molar-refractivity contribution in [3.05, 3.63) is 70.1 Å². The fraction of sp³-hybridized carbons (Fsp3) is 0.440. The lowest BCUT2D eigenvalue weighted by molar-refractivity contribution is -0.154. The molecule has 2 aromatic rings. The van der Waals surface area contributed by atoms with Crippen LogP contribution in [-0.4, -0.2) is 44.8 Å². The zero-order chi connectivity index (χ0) is 25.0. The van der Waals surface area contributed by atoms with E-state index >= 15 is 0 Å². The lowest BCUT2D eigenvalue weighted by Crippen LogP contribution is -2.42. The van der Waals surface area contributed by atoms with Crippen LogP contribution in [0.1, 0.15) is 31.9 Å². The van der Waals surface area contributed by atoms with E-state index in [-0.39, 0.29) is 44.1 Å². The third-order valence-corrected chi connectivity index (χ3v) is 4.82. The van der Waals surface area contributed by atoms with E-state index < -0.39 is 5.41 Å². The molecule has 0 unspecified atom stereocenters. The first-order valence-corrected chi connectivity index (χ1v) is 11.0. The Labute approximate surface area is 200 Å². The van der Waals surface area contributed by atoms with Gasteiger partial charge in [0.1, 0.15) is 6.61 Å². The number of methoxy groups -OCH3 is 1. The topological polar surface area (TPSA) is 123 Å². The van der Waals surface area contributed by atoms with Gasteiger partial charge in [0.15, 0.2) is 11.5 Å². The van der Waals surface area contributed by atoms with Crippen molar-refractivity contribution in [3.8, 4) is 11.5 Å². The molecule has 0 aromatic heterocycles. The molecule has 0 bridgehead atoms. The fourth-order valence-corrected chi connectivity index (χ4v) is 3.09.